The molecule has 0 aliphatic heterocycles. The number of nitrogens with zero attached hydrogens (tertiary/aromatic N) is 1. The molecule has 0 aliphatic carbocycles. The molecule has 1 N–H and O–H groups in total. The van der Waals surface area contributed by atoms with E-state index in [0.717, 1.165) is 5.39 Å². The average molecular weight is 333 g/mol. The van der Waals surface area contributed by atoms with E-state index < -0.39 is 5.97 Å². The fourth-order valence-corrected chi connectivity index (χ4v) is 2.65. The number of ether oxygens (including phenoxy) is 1. The number of methoxy groups -OCH3 is 1. The zero-order chi connectivity index (χ0) is 17.7. The van der Waals surface area contributed by atoms with Gasteiger partial charge in [-0.1, -0.05) is 32.0 Å². The number of hydrogen-bond acceptors (Lipinski definition) is 4. The lowest BCUT2D eigenvalue weighted by Crippen LogP contribution is -2.36. The van der Waals surface area contributed by atoms with Crippen LogP contribution in [0.15, 0.2) is 28.7 Å². The minimum absolute atomic E-state index is 0.0989. The Labute approximate surface area is 141 Å². The number of hydrogen-bond donors (Lipinski definition) is 1. The summed E-state index contributed by atoms with van der Waals surface area (Å²) in [4.78, 5) is 25.4. The van der Waals surface area contributed by atoms with Gasteiger partial charge in [-0.2, -0.15) is 0 Å². The van der Waals surface area contributed by atoms with Crippen LogP contribution in [0, 0.1) is 5.92 Å². The first-order valence-corrected chi connectivity index (χ1v) is 7.94. The van der Waals surface area contributed by atoms with E-state index in [2.05, 4.69) is 0 Å². The van der Waals surface area contributed by atoms with Crippen molar-refractivity contribution in [2.45, 2.75) is 26.9 Å². The molecule has 0 bridgehead atoms. The number of aliphatic carboxylic acids is 1. The summed E-state index contributed by atoms with van der Waals surface area (Å²) in [6.07, 6.45) is -0.0989. The van der Waals surface area contributed by atoms with E-state index in [1.807, 2.05) is 32.0 Å². The second-order valence-corrected chi connectivity index (χ2v) is 6.13. The highest BCUT2D eigenvalue weighted by Gasteiger charge is 2.26. The van der Waals surface area contributed by atoms with Gasteiger partial charge in [-0.05, 0) is 12.0 Å². The third-order valence-electron chi connectivity index (χ3n) is 3.65. The molecule has 0 spiro atoms. The van der Waals surface area contributed by atoms with Gasteiger partial charge in [-0.15, -0.1) is 0 Å². The number of para-hydroxylation sites is 1. The summed E-state index contributed by atoms with van der Waals surface area (Å²) in [6.45, 7) is 4.84. The van der Waals surface area contributed by atoms with E-state index >= 15 is 0 Å². The lowest BCUT2D eigenvalue weighted by Gasteiger charge is -2.23. The van der Waals surface area contributed by atoms with E-state index in [9.17, 15) is 9.59 Å². The van der Waals surface area contributed by atoms with Crippen molar-refractivity contribution in [3.05, 3.63) is 35.6 Å². The molecule has 1 aromatic heterocycles. The van der Waals surface area contributed by atoms with Crippen molar-refractivity contribution in [2.24, 2.45) is 5.92 Å². The van der Waals surface area contributed by atoms with Gasteiger partial charge in [-0.3, -0.25) is 9.59 Å². The highest BCUT2D eigenvalue weighted by atomic mass is 16.5. The summed E-state index contributed by atoms with van der Waals surface area (Å²) in [7, 11) is 1.56. The van der Waals surface area contributed by atoms with Crippen LogP contribution in [0.1, 0.15) is 36.4 Å². The molecule has 2 rings (SSSR count). The van der Waals surface area contributed by atoms with Gasteiger partial charge in [0.25, 0.3) is 5.91 Å². The number of furan rings is 1. The Hall–Kier alpha value is -2.34. The van der Waals surface area contributed by atoms with Gasteiger partial charge in [0, 0.05) is 31.1 Å². The Morgan fingerprint density at radius 1 is 1.29 bits per heavy atom. The summed E-state index contributed by atoms with van der Waals surface area (Å²) in [5, 5.41) is 9.76. The number of fused-ring (bicyclic) bond motifs is 1. The molecule has 1 aromatic carbocycles. The van der Waals surface area contributed by atoms with Gasteiger partial charge in [0.15, 0.2) is 5.76 Å². The Kier molecular flexibility index (Phi) is 5.98. The molecule has 0 atom stereocenters. The Balaban J connectivity index is 2.38. The zero-order valence-electron chi connectivity index (χ0n) is 14.2. The minimum atomic E-state index is -0.932. The number of rotatable bonds is 8. The van der Waals surface area contributed by atoms with Crippen LogP contribution >= 0.6 is 0 Å². The van der Waals surface area contributed by atoms with Crippen molar-refractivity contribution in [1.29, 1.82) is 0 Å². The second-order valence-electron chi connectivity index (χ2n) is 6.13. The zero-order valence-corrected chi connectivity index (χ0v) is 14.2. The fraction of sp³-hybridized carbons (Fsp3) is 0.444. The highest BCUT2D eigenvalue weighted by molar-refractivity contribution is 5.99. The normalized spacial score (nSPS) is 11.2. The number of carbonyl (C=O) groups excluding carboxylic acids is 1. The van der Waals surface area contributed by atoms with Crippen LogP contribution < -0.4 is 0 Å². The van der Waals surface area contributed by atoms with Crippen LogP contribution in [-0.2, 0) is 16.1 Å². The molecule has 130 valence electrons. The lowest BCUT2D eigenvalue weighted by atomic mass is 10.1. The molecule has 1 amide bonds. The first-order chi connectivity index (χ1) is 11.4. The number of carboxylic acid groups (broad SMARTS) is 1. The summed E-state index contributed by atoms with van der Waals surface area (Å²) < 4.78 is 11.0. The molecule has 0 radical (unpaired) electrons. The maximum absolute atomic E-state index is 12.9. The lowest BCUT2D eigenvalue weighted by molar-refractivity contribution is -0.137. The van der Waals surface area contributed by atoms with E-state index in [4.69, 9.17) is 14.3 Å². The predicted octanol–water partition coefficient (Wildman–Crippen LogP) is 3.15. The van der Waals surface area contributed by atoms with Crippen LogP contribution in [0.4, 0.5) is 0 Å². The van der Waals surface area contributed by atoms with Gasteiger partial charge >= 0.3 is 5.97 Å². The van der Waals surface area contributed by atoms with Crippen molar-refractivity contribution < 1.29 is 23.8 Å². The standard InChI is InChI=1S/C18H23NO5/c1-12(2)10-19(9-8-16(20)21)18(22)17-14(11-23-3)13-6-4-5-7-15(13)24-17/h4-7,12H,8-11H2,1-3H3,(H,20,21). The van der Waals surface area contributed by atoms with Gasteiger partial charge < -0.3 is 19.2 Å². The van der Waals surface area contributed by atoms with E-state index in [-0.39, 0.29) is 37.2 Å². The van der Waals surface area contributed by atoms with Crippen LogP contribution in [0.2, 0.25) is 0 Å². The van der Waals surface area contributed by atoms with Crippen LogP contribution in [0.25, 0.3) is 11.0 Å². The maximum atomic E-state index is 12.9. The van der Waals surface area contributed by atoms with Crippen molar-refractivity contribution in [1.82, 2.24) is 4.90 Å². The quantitative estimate of drug-likeness (QED) is 0.802. The largest absolute Gasteiger partial charge is 0.481 e. The summed E-state index contributed by atoms with van der Waals surface area (Å²) in [5.41, 5.74) is 1.32. The second kappa shape index (κ2) is 7.97. The molecule has 24 heavy (non-hydrogen) atoms. The Morgan fingerprint density at radius 2 is 2.00 bits per heavy atom. The molecule has 6 nitrogen and oxygen atoms in total. The molecular weight excluding hydrogens is 310 g/mol. The third-order valence-corrected chi connectivity index (χ3v) is 3.65. The topological polar surface area (TPSA) is 80.0 Å². The number of benzene rings is 1. The molecule has 0 aliphatic rings. The number of amides is 1. The van der Waals surface area contributed by atoms with Crippen LogP contribution in [0.5, 0.6) is 0 Å². The van der Waals surface area contributed by atoms with Crippen molar-refractivity contribution >= 4 is 22.8 Å². The van der Waals surface area contributed by atoms with Gasteiger partial charge in [-0.25, -0.2) is 0 Å². The van der Waals surface area contributed by atoms with Crippen LogP contribution in [-0.4, -0.2) is 42.1 Å². The molecule has 1 heterocycles. The SMILES string of the molecule is COCc1c(C(=O)N(CCC(=O)O)CC(C)C)oc2ccccc12. The summed E-state index contributed by atoms with van der Waals surface area (Å²) in [5.74, 6) is -0.784. The van der Waals surface area contributed by atoms with E-state index in [0.29, 0.717) is 17.7 Å². The summed E-state index contributed by atoms with van der Waals surface area (Å²) >= 11 is 0. The molecule has 0 unspecified atom stereocenters. The van der Waals surface area contributed by atoms with E-state index in [1.165, 1.54) is 4.90 Å². The molecule has 2 aromatic rings. The minimum Gasteiger partial charge on any atom is -0.481 e. The fourth-order valence-electron chi connectivity index (χ4n) is 2.65. The molecule has 0 saturated carbocycles. The molecule has 0 fully saturated rings. The van der Waals surface area contributed by atoms with Crippen molar-refractivity contribution in [3.8, 4) is 0 Å². The van der Waals surface area contributed by atoms with Gasteiger partial charge in [0.1, 0.15) is 5.58 Å². The first-order valence-electron chi connectivity index (χ1n) is 7.94. The molecular formula is C18H23NO5. The Bertz CT molecular complexity index is 719. The predicted molar refractivity (Wildman–Crippen MR) is 89.9 cm³/mol. The number of carboxylic acids is 1. The third kappa shape index (κ3) is 4.14. The molecule has 0 saturated heterocycles. The first kappa shape index (κ1) is 18.0. The Morgan fingerprint density at radius 3 is 2.62 bits per heavy atom. The molecule has 6 heteroatoms. The number of carbonyl (C=O) groups is 2. The van der Waals surface area contributed by atoms with E-state index in [1.54, 1.807) is 13.2 Å². The highest BCUT2D eigenvalue weighted by Crippen LogP contribution is 2.27. The van der Waals surface area contributed by atoms with Crippen molar-refractivity contribution in [2.75, 3.05) is 20.2 Å². The smallest absolute Gasteiger partial charge is 0.305 e. The summed E-state index contributed by atoms with van der Waals surface area (Å²) in [6, 6.07) is 7.40. The monoisotopic (exact) mass is 333 g/mol. The van der Waals surface area contributed by atoms with Crippen molar-refractivity contribution in [3.63, 3.8) is 0 Å². The van der Waals surface area contributed by atoms with Gasteiger partial charge in [0.05, 0.1) is 13.0 Å². The maximum Gasteiger partial charge on any atom is 0.305 e. The van der Waals surface area contributed by atoms with Gasteiger partial charge in [0.2, 0.25) is 0 Å². The average Bonchev–Trinajstić information content (AvgIpc) is 2.89. The van der Waals surface area contributed by atoms with Crippen LogP contribution in [0.3, 0.4) is 0 Å².